The Kier molecular flexibility index (Phi) is 6.68. The van der Waals surface area contributed by atoms with Crippen LogP contribution in [0.1, 0.15) is 53.9 Å². The van der Waals surface area contributed by atoms with E-state index >= 15 is 0 Å². The van der Waals surface area contributed by atoms with E-state index in [1.165, 1.54) is 5.56 Å². The maximum atomic E-state index is 13.1. The van der Waals surface area contributed by atoms with Gasteiger partial charge in [-0.1, -0.05) is 30.3 Å². The van der Waals surface area contributed by atoms with Crippen LogP contribution in [0.4, 0.5) is 5.82 Å². The van der Waals surface area contributed by atoms with Crippen LogP contribution >= 0.6 is 0 Å². The molecule has 1 aromatic heterocycles. The SMILES string of the molecule is CN1CCC(N(C)c2ccc(C(=O)N3CCC[C@@H](c4ccccc4)CC3)cn2)CC1. The number of hydrogen-bond acceptors (Lipinski definition) is 4. The normalized spacial score (nSPS) is 21.3. The van der Waals surface area contributed by atoms with E-state index in [4.69, 9.17) is 0 Å². The molecule has 2 aliphatic heterocycles. The van der Waals surface area contributed by atoms with Crippen molar-refractivity contribution in [3.8, 4) is 0 Å². The van der Waals surface area contributed by atoms with Crippen LogP contribution in [0.5, 0.6) is 0 Å². The van der Waals surface area contributed by atoms with Crippen LogP contribution in [0.2, 0.25) is 0 Å². The fourth-order valence-corrected chi connectivity index (χ4v) is 4.83. The van der Waals surface area contributed by atoms with Gasteiger partial charge in [-0.15, -0.1) is 0 Å². The van der Waals surface area contributed by atoms with Crippen molar-refractivity contribution >= 4 is 11.7 Å². The Morgan fingerprint density at radius 1 is 0.967 bits per heavy atom. The van der Waals surface area contributed by atoms with E-state index in [1.54, 1.807) is 6.20 Å². The summed E-state index contributed by atoms with van der Waals surface area (Å²) in [4.78, 5) is 24.4. The number of hydrogen-bond donors (Lipinski definition) is 0. The second-order valence-electron chi connectivity index (χ2n) is 8.88. The molecule has 5 heteroatoms. The number of amides is 1. The molecule has 3 heterocycles. The number of benzene rings is 1. The van der Waals surface area contributed by atoms with Gasteiger partial charge in [-0.3, -0.25) is 4.79 Å². The third-order valence-electron chi connectivity index (χ3n) is 6.88. The van der Waals surface area contributed by atoms with Gasteiger partial charge in [-0.05, 0) is 75.9 Å². The lowest BCUT2D eigenvalue weighted by Gasteiger charge is -2.35. The van der Waals surface area contributed by atoms with Gasteiger partial charge in [0.05, 0.1) is 5.56 Å². The molecule has 0 aliphatic carbocycles. The number of rotatable bonds is 4. The van der Waals surface area contributed by atoms with Gasteiger partial charge in [-0.2, -0.15) is 0 Å². The predicted octanol–water partition coefficient (Wildman–Crippen LogP) is 4.02. The van der Waals surface area contributed by atoms with Crippen molar-refractivity contribution in [1.82, 2.24) is 14.8 Å². The van der Waals surface area contributed by atoms with Gasteiger partial charge in [-0.25, -0.2) is 4.98 Å². The molecule has 0 saturated carbocycles. The maximum absolute atomic E-state index is 13.1. The molecule has 4 rings (SSSR count). The predicted molar refractivity (Wildman–Crippen MR) is 122 cm³/mol. The second kappa shape index (κ2) is 9.61. The van der Waals surface area contributed by atoms with Crippen molar-refractivity contribution in [2.45, 2.75) is 44.1 Å². The molecule has 2 saturated heterocycles. The first-order chi connectivity index (χ1) is 14.6. The Labute approximate surface area is 180 Å². The van der Waals surface area contributed by atoms with E-state index in [0.29, 0.717) is 17.5 Å². The van der Waals surface area contributed by atoms with Crippen LogP contribution in [0, 0.1) is 0 Å². The second-order valence-corrected chi connectivity index (χ2v) is 8.88. The van der Waals surface area contributed by atoms with Crippen molar-refractivity contribution < 1.29 is 4.79 Å². The summed E-state index contributed by atoms with van der Waals surface area (Å²) >= 11 is 0. The van der Waals surface area contributed by atoms with Crippen molar-refractivity contribution in [2.75, 3.05) is 45.2 Å². The minimum Gasteiger partial charge on any atom is -0.357 e. The average Bonchev–Trinajstić information content (AvgIpc) is 3.06. The Morgan fingerprint density at radius 3 is 2.43 bits per heavy atom. The van der Waals surface area contributed by atoms with Gasteiger partial charge in [0.2, 0.25) is 0 Å². The fourth-order valence-electron chi connectivity index (χ4n) is 4.83. The molecule has 2 aromatic rings. The molecule has 5 nitrogen and oxygen atoms in total. The number of aromatic nitrogens is 1. The maximum Gasteiger partial charge on any atom is 0.255 e. The monoisotopic (exact) mass is 406 g/mol. The third kappa shape index (κ3) is 4.84. The number of nitrogens with zero attached hydrogens (tertiary/aromatic N) is 4. The fraction of sp³-hybridized carbons (Fsp3) is 0.520. The molecule has 160 valence electrons. The minimum absolute atomic E-state index is 0.115. The number of piperidine rings is 1. The zero-order chi connectivity index (χ0) is 20.9. The molecule has 1 atom stereocenters. The highest BCUT2D eigenvalue weighted by molar-refractivity contribution is 5.94. The van der Waals surface area contributed by atoms with E-state index in [0.717, 1.165) is 64.1 Å². The van der Waals surface area contributed by atoms with Crippen molar-refractivity contribution in [3.05, 3.63) is 59.8 Å². The lowest BCUT2D eigenvalue weighted by molar-refractivity contribution is 0.0760. The summed E-state index contributed by atoms with van der Waals surface area (Å²) in [5.74, 6) is 1.62. The van der Waals surface area contributed by atoms with E-state index in [9.17, 15) is 4.79 Å². The van der Waals surface area contributed by atoms with Crippen LogP contribution < -0.4 is 4.90 Å². The number of carbonyl (C=O) groups is 1. The zero-order valence-corrected chi connectivity index (χ0v) is 18.3. The summed E-state index contributed by atoms with van der Waals surface area (Å²) in [6, 6.07) is 15.2. The van der Waals surface area contributed by atoms with Gasteiger partial charge in [0.15, 0.2) is 0 Å². The van der Waals surface area contributed by atoms with Crippen LogP contribution in [0.3, 0.4) is 0 Å². The molecule has 0 radical (unpaired) electrons. The molecule has 0 unspecified atom stereocenters. The highest BCUT2D eigenvalue weighted by Gasteiger charge is 2.24. The molecule has 1 amide bonds. The lowest BCUT2D eigenvalue weighted by atomic mass is 9.92. The van der Waals surface area contributed by atoms with Crippen molar-refractivity contribution in [2.24, 2.45) is 0 Å². The molecule has 1 aromatic carbocycles. The molecule has 2 aliphatic rings. The molecule has 30 heavy (non-hydrogen) atoms. The lowest BCUT2D eigenvalue weighted by Crippen LogP contribution is -2.42. The number of likely N-dealkylation sites (tertiary alicyclic amines) is 2. The van der Waals surface area contributed by atoms with Gasteiger partial charge in [0.25, 0.3) is 5.91 Å². The average molecular weight is 407 g/mol. The van der Waals surface area contributed by atoms with Crippen LogP contribution in [0.15, 0.2) is 48.7 Å². The quantitative estimate of drug-likeness (QED) is 0.769. The minimum atomic E-state index is 0.115. The van der Waals surface area contributed by atoms with Crippen molar-refractivity contribution in [3.63, 3.8) is 0 Å². The van der Waals surface area contributed by atoms with E-state index in [2.05, 4.69) is 59.2 Å². The van der Waals surface area contributed by atoms with E-state index in [-0.39, 0.29) is 5.91 Å². The third-order valence-corrected chi connectivity index (χ3v) is 6.88. The van der Waals surface area contributed by atoms with Crippen LogP contribution in [-0.4, -0.2) is 67.0 Å². The van der Waals surface area contributed by atoms with Crippen molar-refractivity contribution in [1.29, 1.82) is 0 Å². The summed E-state index contributed by atoms with van der Waals surface area (Å²) in [7, 11) is 4.30. The summed E-state index contributed by atoms with van der Waals surface area (Å²) < 4.78 is 0. The Bertz CT molecular complexity index is 815. The standard InChI is InChI=1S/C25H34N4O/c1-27-16-13-23(14-17-27)28(2)24-11-10-22(19-26-24)25(30)29-15-6-9-21(12-18-29)20-7-4-3-5-8-20/h3-5,7-8,10-11,19,21,23H,6,9,12-18H2,1-2H3/t21-/m1/s1. The van der Waals surface area contributed by atoms with Gasteiger partial charge in [0, 0.05) is 32.4 Å². The smallest absolute Gasteiger partial charge is 0.255 e. The number of anilines is 1. The zero-order valence-electron chi connectivity index (χ0n) is 18.3. The van der Waals surface area contributed by atoms with Gasteiger partial charge >= 0.3 is 0 Å². The Balaban J connectivity index is 1.36. The Morgan fingerprint density at radius 2 is 1.73 bits per heavy atom. The van der Waals surface area contributed by atoms with E-state index in [1.807, 2.05) is 17.0 Å². The summed E-state index contributed by atoms with van der Waals surface area (Å²) in [6.07, 6.45) is 7.31. The molecule has 0 bridgehead atoms. The highest BCUT2D eigenvalue weighted by Crippen LogP contribution is 2.28. The first kappa shape index (κ1) is 20.9. The van der Waals surface area contributed by atoms with Gasteiger partial charge < -0.3 is 14.7 Å². The van der Waals surface area contributed by atoms with E-state index < -0.39 is 0 Å². The molecule has 0 N–H and O–H groups in total. The molecule has 0 spiro atoms. The first-order valence-electron chi connectivity index (χ1n) is 11.3. The van der Waals surface area contributed by atoms with Crippen LogP contribution in [-0.2, 0) is 0 Å². The van der Waals surface area contributed by atoms with Crippen LogP contribution in [0.25, 0.3) is 0 Å². The summed E-state index contributed by atoms with van der Waals surface area (Å²) in [5.41, 5.74) is 2.10. The molecular formula is C25H34N4O. The summed E-state index contributed by atoms with van der Waals surface area (Å²) in [5, 5.41) is 0. The summed E-state index contributed by atoms with van der Waals surface area (Å²) in [6.45, 7) is 3.91. The highest BCUT2D eigenvalue weighted by atomic mass is 16.2. The molecular weight excluding hydrogens is 372 g/mol. The topological polar surface area (TPSA) is 39.7 Å². The number of pyridine rings is 1. The molecule has 2 fully saturated rings. The Hall–Kier alpha value is -2.40. The van der Waals surface area contributed by atoms with Gasteiger partial charge in [0.1, 0.15) is 5.82 Å². The number of carbonyl (C=O) groups excluding carboxylic acids is 1. The first-order valence-corrected chi connectivity index (χ1v) is 11.3. The largest absolute Gasteiger partial charge is 0.357 e.